The SMILES string of the molecule is Cc1sc(-c2cc(C(F)(F)F)[nH]n2)cc1S(=O)(=O)N1C[C@@H]2CCN[C@@H]2C1. The molecule has 2 saturated heterocycles. The highest BCUT2D eigenvalue weighted by Crippen LogP contribution is 2.38. The maximum Gasteiger partial charge on any atom is 0.432 e. The van der Waals surface area contributed by atoms with Gasteiger partial charge in [0.25, 0.3) is 0 Å². The van der Waals surface area contributed by atoms with E-state index in [1.165, 1.54) is 10.4 Å². The standard InChI is InChI=1S/C15H17F3N4O2S2/c1-8-13(26(23,24)22-6-9-2-3-19-11(9)7-22)5-12(25-8)10-4-14(21-20-10)15(16,17)18/h4-5,9,11,19H,2-3,6-7H2,1H3,(H,20,21)/t9-,11+/m0/s1. The molecule has 2 fully saturated rings. The molecule has 0 aliphatic carbocycles. The van der Waals surface area contributed by atoms with Gasteiger partial charge in [-0.25, -0.2) is 8.42 Å². The Bertz CT molecular complexity index is 923. The number of aromatic amines is 1. The van der Waals surface area contributed by atoms with Crippen molar-refractivity contribution in [2.24, 2.45) is 5.92 Å². The lowest BCUT2D eigenvalue weighted by Gasteiger charge is -2.17. The first-order valence-corrected chi connectivity index (χ1v) is 10.4. The first-order valence-electron chi connectivity index (χ1n) is 8.13. The van der Waals surface area contributed by atoms with Crippen LogP contribution in [0.25, 0.3) is 10.6 Å². The minimum absolute atomic E-state index is 0.0897. The van der Waals surface area contributed by atoms with Crippen molar-refractivity contribution in [3.63, 3.8) is 0 Å². The molecule has 0 amide bonds. The molecule has 2 aliphatic rings. The summed E-state index contributed by atoms with van der Waals surface area (Å²) in [6.07, 6.45) is -3.56. The molecule has 2 aromatic rings. The second kappa shape index (κ2) is 6.04. The molecule has 0 aromatic carbocycles. The quantitative estimate of drug-likeness (QED) is 0.821. The number of alkyl halides is 3. The van der Waals surface area contributed by atoms with E-state index < -0.39 is 21.9 Å². The van der Waals surface area contributed by atoms with Crippen molar-refractivity contribution < 1.29 is 21.6 Å². The first-order chi connectivity index (χ1) is 12.2. The maximum atomic E-state index is 13.0. The zero-order valence-corrected chi connectivity index (χ0v) is 15.4. The number of rotatable bonds is 3. The maximum absolute atomic E-state index is 13.0. The Kier molecular flexibility index (Phi) is 4.17. The van der Waals surface area contributed by atoms with Crippen LogP contribution in [0.4, 0.5) is 13.2 Å². The molecule has 0 bridgehead atoms. The number of hydrogen-bond donors (Lipinski definition) is 2. The van der Waals surface area contributed by atoms with Gasteiger partial charge in [0.15, 0.2) is 0 Å². The Morgan fingerprint density at radius 3 is 2.73 bits per heavy atom. The van der Waals surface area contributed by atoms with Crippen LogP contribution in [-0.2, 0) is 16.2 Å². The van der Waals surface area contributed by atoms with Crippen molar-refractivity contribution >= 4 is 21.4 Å². The summed E-state index contributed by atoms with van der Waals surface area (Å²) >= 11 is 1.13. The van der Waals surface area contributed by atoms with Gasteiger partial charge in [-0.05, 0) is 37.9 Å². The third-order valence-corrected chi connectivity index (χ3v) is 8.11. The van der Waals surface area contributed by atoms with Gasteiger partial charge in [-0.3, -0.25) is 5.10 Å². The monoisotopic (exact) mass is 406 g/mol. The van der Waals surface area contributed by atoms with Gasteiger partial charge >= 0.3 is 6.18 Å². The molecule has 0 unspecified atom stereocenters. The fourth-order valence-corrected chi connectivity index (χ4v) is 6.63. The van der Waals surface area contributed by atoms with Crippen LogP contribution in [-0.4, -0.2) is 48.6 Å². The molecule has 2 N–H and O–H groups in total. The molecular weight excluding hydrogens is 389 g/mol. The van der Waals surface area contributed by atoms with Gasteiger partial charge in [-0.15, -0.1) is 11.3 Å². The van der Waals surface area contributed by atoms with Crippen molar-refractivity contribution in [1.82, 2.24) is 19.8 Å². The average Bonchev–Trinajstić information content (AvgIpc) is 3.28. The van der Waals surface area contributed by atoms with Crippen LogP contribution < -0.4 is 5.32 Å². The average molecular weight is 406 g/mol. The molecule has 0 radical (unpaired) electrons. The number of sulfonamides is 1. The van der Waals surface area contributed by atoms with E-state index in [0.717, 1.165) is 30.4 Å². The number of thiophene rings is 1. The number of halogens is 3. The van der Waals surface area contributed by atoms with Gasteiger partial charge in [0.05, 0.1) is 9.77 Å². The zero-order valence-electron chi connectivity index (χ0n) is 13.8. The lowest BCUT2D eigenvalue weighted by atomic mass is 10.1. The predicted molar refractivity (Wildman–Crippen MR) is 90.3 cm³/mol. The molecule has 11 heteroatoms. The van der Waals surface area contributed by atoms with Gasteiger partial charge in [-0.1, -0.05) is 0 Å². The summed E-state index contributed by atoms with van der Waals surface area (Å²) in [5.74, 6) is 0.323. The summed E-state index contributed by atoms with van der Waals surface area (Å²) in [6.45, 7) is 3.47. The smallest absolute Gasteiger partial charge is 0.312 e. The number of aryl methyl sites for hydroxylation is 1. The Labute approximate surface area is 152 Å². The molecule has 2 atom stereocenters. The molecular formula is C15H17F3N4O2S2. The summed E-state index contributed by atoms with van der Waals surface area (Å²) in [6, 6.07) is 2.50. The van der Waals surface area contributed by atoms with Crippen LogP contribution in [0.3, 0.4) is 0 Å². The highest BCUT2D eigenvalue weighted by Gasteiger charge is 2.42. The minimum Gasteiger partial charge on any atom is -0.312 e. The van der Waals surface area contributed by atoms with Crippen LogP contribution >= 0.6 is 11.3 Å². The molecule has 26 heavy (non-hydrogen) atoms. The van der Waals surface area contributed by atoms with E-state index in [0.29, 0.717) is 28.8 Å². The van der Waals surface area contributed by atoms with E-state index >= 15 is 0 Å². The largest absolute Gasteiger partial charge is 0.432 e. The lowest BCUT2D eigenvalue weighted by molar-refractivity contribution is -0.141. The number of fused-ring (bicyclic) bond motifs is 1. The van der Waals surface area contributed by atoms with Crippen LogP contribution in [0.1, 0.15) is 17.0 Å². The number of hydrogen-bond acceptors (Lipinski definition) is 5. The summed E-state index contributed by atoms with van der Waals surface area (Å²) in [5, 5.41) is 8.95. The third-order valence-electron chi connectivity index (χ3n) is 4.95. The fourth-order valence-electron chi connectivity index (χ4n) is 3.59. The molecule has 2 aliphatic heterocycles. The predicted octanol–water partition coefficient (Wildman–Crippen LogP) is 2.45. The second-order valence-electron chi connectivity index (χ2n) is 6.63. The van der Waals surface area contributed by atoms with Crippen LogP contribution in [0.2, 0.25) is 0 Å². The second-order valence-corrected chi connectivity index (χ2v) is 9.79. The number of nitrogens with zero attached hydrogens (tertiary/aromatic N) is 2. The van der Waals surface area contributed by atoms with E-state index in [1.807, 2.05) is 5.10 Å². The van der Waals surface area contributed by atoms with Crippen LogP contribution in [0.5, 0.6) is 0 Å². The van der Waals surface area contributed by atoms with E-state index in [-0.39, 0.29) is 16.6 Å². The van der Waals surface area contributed by atoms with Crippen molar-refractivity contribution in [3.05, 3.63) is 22.7 Å². The molecule has 0 saturated carbocycles. The fraction of sp³-hybridized carbons (Fsp3) is 0.533. The number of aromatic nitrogens is 2. The Morgan fingerprint density at radius 2 is 2.08 bits per heavy atom. The lowest BCUT2D eigenvalue weighted by Crippen LogP contribution is -2.34. The van der Waals surface area contributed by atoms with E-state index in [4.69, 9.17) is 0 Å². The Balaban J connectivity index is 1.63. The summed E-state index contributed by atoms with van der Waals surface area (Å²) in [7, 11) is -3.68. The van der Waals surface area contributed by atoms with Gasteiger partial charge in [0, 0.05) is 24.0 Å². The van der Waals surface area contributed by atoms with Gasteiger partial charge < -0.3 is 5.32 Å². The van der Waals surface area contributed by atoms with E-state index in [9.17, 15) is 21.6 Å². The van der Waals surface area contributed by atoms with E-state index in [1.54, 1.807) is 6.92 Å². The summed E-state index contributed by atoms with van der Waals surface area (Å²) in [5.41, 5.74) is -0.867. The van der Waals surface area contributed by atoms with Crippen molar-refractivity contribution in [2.75, 3.05) is 19.6 Å². The number of H-pyrrole nitrogens is 1. The Morgan fingerprint density at radius 1 is 1.31 bits per heavy atom. The molecule has 4 rings (SSSR count). The van der Waals surface area contributed by atoms with Crippen molar-refractivity contribution in [3.8, 4) is 10.6 Å². The van der Waals surface area contributed by atoms with Gasteiger partial charge in [0.2, 0.25) is 10.0 Å². The normalized spacial score (nSPS) is 24.3. The minimum atomic E-state index is -4.52. The van der Waals surface area contributed by atoms with Crippen LogP contribution in [0, 0.1) is 12.8 Å². The van der Waals surface area contributed by atoms with Crippen molar-refractivity contribution in [2.45, 2.75) is 30.5 Å². The molecule has 6 nitrogen and oxygen atoms in total. The Hall–Kier alpha value is -1.43. The van der Waals surface area contributed by atoms with E-state index in [2.05, 4.69) is 10.4 Å². The molecule has 2 aromatic heterocycles. The molecule has 142 valence electrons. The summed E-state index contributed by atoms with van der Waals surface area (Å²) in [4.78, 5) is 1.08. The number of nitrogens with one attached hydrogen (secondary N) is 2. The topological polar surface area (TPSA) is 78.1 Å². The molecule has 4 heterocycles. The first kappa shape index (κ1) is 18.0. The summed E-state index contributed by atoms with van der Waals surface area (Å²) < 4.78 is 65.6. The highest BCUT2D eigenvalue weighted by atomic mass is 32.2. The van der Waals surface area contributed by atoms with Crippen LogP contribution in [0.15, 0.2) is 17.0 Å². The van der Waals surface area contributed by atoms with Crippen molar-refractivity contribution in [1.29, 1.82) is 0 Å². The molecule has 0 spiro atoms. The van der Waals surface area contributed by atoms with Gasteiger partial charge in [0.1, 0.15) is 11.4 Å². The zero-order chi connectivity index (χ0) is 18.7. The third kappa shape index (κ3) is 2.96. The van der Waals surface area contributed by atoms with Gasteiger partial charge in [-0.2, -0.15) is 22.6 Å². The highest BCUT2D eigenvalue weighted by molar-refractivity contribution is 7.89.